The maximum absolute atomic E-state index is 12.9. The van der Waals surface area contributed by atoms with Crippen LogP contribution in [0.3, 0.4) is 0 Å². The Morgan fingerprint density at radius 3 is 2.44 bits per heavy atom. The van der Waals surface area contributed by atoms with Crippen LogP contribution in [-0.4, -0.2) is 33.5 Å². The third kappa shape index (κ3) is 5.20. The average Bonchev–Trinajstić information content (AvgIpc) is 3.18. The minimum absolute atomic E-state index is 0.0917. The van der Waals surface area contributed by atoms with E-state index in [9.17, 15) is 28.2 Å². The molecule has 0 radical (unpaired) electrons. The SMILES string of the molecule is CC(C)(C)OC(=O)NCc1cc(-c2ccc(C(F)(F)F)cc2)c2ncoc2c1C(O)CO. The number of aliphatic hydroxyl groups excluding tert-OH is 2. The predicted octanol–water partition coefficient (Wildman–Crippen LogP) is 4.56. The third-order valence-electron chi connectivity index (χ3n) is 4.58. The van der Waals surface area contributed by atoms with Crippen LogP contribution >= 0.6 is 0 Å². The number of amides is 1. The van der Waals surface area contributed by atoms with E-state index in [0.717, 1.165) is 18.5 Å². The van der Waals surface area contributed by atoms with Crippen molar-refractivity contribution in [2.24, 2.45) is 0 Å². The average molecular weight is 452 g/mol. The molecule has 32 heavy (non-hydrogen) atoms. The molecule has 1 heterocycles. The first kappa shape index (κ1) is 23.6. The number of rotatable bonds is 5. The van der Waals surface area contributed by atoms with Crippen molar-refractivity contribution >= 4 is 17.2 Å². The number of nitrogens with one attached hydrogen (secondary N) is 1. The molecule has 172 valence electrons. The highest BCUT2D eigenvalue weighted by atomic mass is 19.4. The number of alkyl carbamates (subject to hydrolysis) is 1. The predicted molar refractivity (Wildman–Crippen MR) is 110 cm³/mol. The molecule has 1 amide bonds. The van der Waals surface area contributed by atoms with E-state index >= 15 is 0 Å². The van der Waals surface area contributed by atoms with Crippen LogP contribution in [-0.2, 0) is 17.5 Å². The second-order valence-electron chi connectivity index (χ2n) is 8.16. The topological polar surface area (TPSA) is 105 Å². The summed E-state index contributed by atoms with van der Waals surface area (Å²) in [4.78, 5) is 16.2. The third-order valence-corrected chi connectivity index (χ3v) is 4.58. The molecule has 2 aromatic carbocycles. The number of hydrogen-bond acceptors (Lipinski definition) is 6. The number of hydrogen-bond donors (Lipinski definition) is 3. The summed E-state index contributed by atoms with van der Waals surface area (Å²) in [5, 5.41) is 22.4. The standard InChI is InChI=1S/C22H23F3N2O5/c1-21(2,3)32-20(30)26-9-13-8-15(12-4-6-14(7-5-12)22(23,24)25)18-19(31-11-27-18)17(13)16(29)10-28/h4-8,11,16,28-29H,9-10H2,1-3H3,(H,26,30). The number of aliphatic hydroxyl groups is 2. The minimum Gasteiger partial charge on any atom is -0.444 e. The van der Waals surface area contributed by atoms with Crippen LogP contribution in [0.1, 0.15) is 43.6 Å². The lowest BCUT2D eigenvalue weighted by molar-refractivity contribution is -0.137. The van der Waals surface area contributed by atoms with Crippen LogP contribution in [0.4, 0.5) is 18.0 Å². The first-order valence-electron chi connectivity index (χ1n) is 9.73. The minimum atomic E-state index is -4.47. The Kier molecular flexibility index (Phi) is 6.47. The van der Waals surface area contributed by atoms with E-state index in [1.54, 1.807) is 26.8 Å². The van der Waals surface area contributed by atoms with Gasteiger partial charge in [0.25, 0.3) is 0 Å². The Hall–Kier alpha value is -3.11. The number of alkyl halides is 3. The lowest BCUT2D eigenvalue weighted by Gasteiger charge is -2.21. The largest absolute Gasteiger partial charge is 0.444 e. The van der Waals surface area contributed by atoms with Gasteiger partial charge in [0, 0.05) is 17.7 Å². The molecule has 3 aromatic rings. The molecule has 1 atom stereocenters. The van der Waals surface area contributed by atoms with Gasteiger partial charge in [-0.3, -0.25) is 0 Å². The molecule has 0 aliphatic carbocycles. The first-order chi connectivity index (χ1) is 14.9. The Morgan fingerprint density at radius 2 is 1.88 bits per heavy atom. The molecular weight excluding hydrogens is 429 g/mol. The molecule has 10 heteroatoms. The van der Waals surface area contributed by atoms with Crippen LogP contribution in [0.15, 0.2) is 41.1 Å². The van der Waals surface area contributed by atoms with E-state index < -0.39 is 36.1 Å². The van der Waals surface area contributed by atoms with Crippen LogP contribution in [0.25, 0.3) is 22.2 Å². The van der Waals surface area contributed by atoms with Crippen molar-refractivity contribution in [1.29, 1.82) is 0 Å². The molecule has 3 N–H and O–H groups in total. The van der Waals surface area contributed by atoms with Crippen molar-refractivity contribution in [2.45, 2.75) is 45.2 Å². The number of nitrogens with zero attached hydrogens (tertiary/aromatic N) is 1. The van der Waals surface area contributed by atoms with Gasteiger partial charge in [-0.15, -0.1) is 0 Å². The molecule has 0 saturated carbocycles. The molecule has 0 saturated heterocycles. The fourth-order valence-corrected chi connectivity index (χ4v) is 3.24. The second kappa shape index (κ2) is 8.79. The maximum Gasteiger partial charge on any atom is 0.416 e. The zero-order chi connectivity index (χ0) is 23.7. The van der Waals surface area contributed by atoms with E-state index in [2.05, 4.69) is 10.3 Å². The monoisotopic (exact) mass is 452 g/mol. The van der Waals surface area contributed by atoms with E-state index in [1.165, 1.54) is 12.1 Å². The molecule has 7 nitrogen and oxygen atoms in total. The molecule has 0 bridgehead atoms. The molecule has 3 rings (SSSR count). The Morgan fingerprint density at radius 1 is 1.22 bits per heavy atom. The van der Waals surface area contributed by atoms with Crippen molar-refractivity contribution in [2.75, 3.05) is 6.61 Å². The van der Waals surface area contributed by atoms with Gasteiger partial charge in [-0.2, -0.15) is 13.2 Å². The number of halogens is 3. The van der Waals surface area contributed by atoms with E-state index in [0.29, 0.717) is 22.2 Å². The summed E-state index contributed by atoms with van der Waals surface area (Å²) in [6.45, 7) is 4.41. The van der Waals surface area contributed by atoms with Crippen LogP contribution in [0.2, 0.25) is 0 Å². The zero-order valence-electron chi connectivity index (χ0n) is 17.7. The van der Waals surface area contributed by atoms with Gasteiger partial charge in [0.15, 0.2) is 12.0 Å². The van der Waals surface area contributed by atoms with E-state index in [-0.39, 0.29) is 17.7 Å². The van der Waals surface area contributed by atoms with Gasteiger partial charge in [-0.25, -0.2) is 9.78 Å². The number of carbonyl (C=O) groups excluding carboxylic acids is 1. The quantitative estimate of drug-likeness (QED) is 0.524. The number of aromatic nitrogens is 1. The van der Waals surface area contributed by atoms with Gasteiger partial charge >= 0.3 is 12.3 Å². The Bertz CT molecular complexity index is 1100. The van der Waals surface area contributed by atoms with Gasteiger partial charge in [-0.1, -0.05) is 12.1 Å². The summed E-state index contributed by atoms with van der Waals surface area (Å²) in [6, 6.07) is 6.10. The van der Waals surface area contributed by atoms with Gasteiger partial charge in [-0.05, 0) is 50.1 Å². The van der Waals surface area contributed by atoms with Gasteiger partial charge < -0.3 is 24.7 Å². The van der Waals surface area contributed by atoms with Crippen molar-refractivity contribution in [3.63, 3.8) is 0 Å². The number of ether oxygens (including phenoxy) is 1. The number of carbonyl (C=O) groups is 1. The lowest BCUT2D eigenvalue weighted by atomic mass is 9.94. The molecule has 0 fully saturated rings. The number of fused-ring (bicyclic) bond motifs is 1. The first-order valence-corrected chi connectivity index (χ1v) is 9.73. The summed E-state index contributed by atoms with van der Waals surface area (Å²) in [5.41, 5.74) is 0.411. The van der Waals surface area contributed by atoms with Crippen LogP contribution in [0.5, 0.6) is 0 Å². The summed E-state index contributed by atoms with van der Waals surface area (Å²) < 4.78 is 49.4. The van der Waals surface area contributed by atoms with Crippen LogP contribution in [0, 0.1) is 0 Å². The molecule has 0 aliphatic heterocycles. The van der Waals surface area contributed by atoms with Gasteiger partial charge in [0.05, 0.1) is 12.2 Å². The molecule has 0 aliphatic rings. The Balaban J connectivity index is 2.06. The smallest absolute Gasteiger partial charge is 0.416 e. The summed E-state index contributed by atoms with van der Waals surface area (Å²) in [5.74, 6) is 0. The zero-order valence-corrected chi connectivity index (χ0v) is 17.7. The highest BCUT2D eigenvalue weighted by molar-refractivity contribution is 5.93. The maximum atomic E-state index is 12.9. The summed E-state index contributed by atoms with van der Waals surface area (Å²) in [6.07, 6.45) is -5.37. The van der Waals surface area contributed by atoms with Crippen molar-refractivity contribution < 1.29 is 37.3 Å². The van der Waals surface area contributed by atoms with Crippen molar-refractivity contribution in [3.05, 3.63) is 53.4 Å². The van der Waals surface area contributed by atoms with E-state index in [4.69, 9.17) is 9.15 Å². The molecule has 1 aromatic heterocycles. The van der Waals surface area contributed by atoms with Crippen LogP contribution < -0.4 is 5.32 Å². The molecular formula is C22H23F3N2O5. The fraction of sp³-hybridized carbons (Fsp3) is 0.364. The van der Waals surface area contributed by atoms with Gasteiger partial charge in [0.1, 0.15) is 17.2 Å². The number of oxazole rings is 1. The summed E-state index contributed by atoms with van der Waals surface area (Å²) in [7, 11) is 0. The van der Waals surface area contributed by atoms with Crippen molar-refractivity contribution in [3.8, 4) is 11.1 Å². The highest BCUT2D eigenvalue weighted by Gasteiger charge is 2.30. The number of benzene rings is 2. The highest BCUT2D eigenvalue weighted by Crippen LogP contribution is 2.37. The summed E-state index contributed by atoms with van der Waals surface area (Å²) >= 11 is 0. The Labute approximate surface area is 181 Å². The van der Waals surface area contributed by atoms with Gasteiger partial charge in [0.2, 0.25) is 0 Å². The second-order valence-corrected chi connectivity index (χ2v) is 8.16. The van der Waals surface area contributed by atoms with Crippen molar-refractivity contribution in [1.82, 2.24) is 10.3 Å². The normalized spacial score (nSPS) is 13.2. The fourth-order valence-electron chi connectivity index (χ4n) is 3.24. The molecule has 0 spiro atoms. The van der Waals surface area contributed by atoms with E-state index in [1.807, 2.05) is 0 Å². The lowest BCUT2D eigenvalue weighted by Crippen LogP contribution is -2.32. The molecule has 1 unspecified atom stereocenters.